The molecule has 0 aliphatic heterocycles. The van der Waals surface area contributed by atoms with Gasteiger partial charge in [0.15, 0.2) is 0 Å². The van der Waals surface area contributed by atoms with Crippen molar-refractivity contribution >= 4 is 38.8 Å². The molecule has 154 valence electrons. The molecular weight excluding hydrogens is 418 g/mol. The molecule has 6 nitrogen and oxygen atoms in total. The minimum atomic E-state index is -0.193. The number of benzene rings is 1. The fraction of sp³-hybridized carbons (Fsp3) is 0.227. The summed E-state index contributed by atoms with van der Waals surface area (Å²) in [4.78, 5) is 33.6. The van der Waals surface area contributed by atoms with E-state index in [-0.39, 0.29) is 18.0 Å². The molecule has 30 heavy (non-hydrogen) atoms. The highest BCUT2D eigenvalue weighted by atomic mass is 32.1. The Hall–Kier alpha value is -2.97. The maximum atomic E-state index is 13.1. The Kier molecular flexibility index (Phi) is 5.96. The first-order valence-corrected chi connectivity index (χ1v) is 11.3. The molecule has 0 N–H and O–H groups in total. The molecular formula is C22H21N3O3S2. The number of para-hydroxylation sites is 1. The molecule has 1 aromatic carbocycles. The van der Waals surface area contributed by atoms with Crippen LogP contribution in [0, 0.1) is 0 Å². The van der Waals surface area contributed by atoms with Crippen molar-refractivity contribution in [2.45, 2.75) is 20.0 Å². The van der Waals surface area contributed by atoms with Gasteiger partial charge in [0.05, 0.1) is 18.3 Å². The van der Waals surface area contributed by atoms with E-state index in [4.69, 9.17) is 4.74 Å². The van der Waals surface area contributed by atoms with Gasteiger partial charge in [0.25, 0.3) is 5.56 Å². The Balaban J connectivity index is 1.57. The zero-order valence-corrected chi connectivity index (χ0v) is 18.3. The van der Waals surface area contributed by atoms with Crippen LogP contribution < -0.4 is 10.3 Å². The average Bonchev–Trinajstić information content (AvgIpc) is 3.41. The molecule has 0 unspecified atom stereocenters. The molecule has 4 rings (SSSR count). The molecule has 0 aliphatic carbocycles. The fourth-order valence-electron chi connectivity index (χ4n) is 3.23. The second kappa shape index (κ2) is 8.81. The predicted molar refractivity (Wildman–Crippen MR) is 121 cm³/mol. The van der Waals surface area contributed by atoms with Gasteiger partial charge in [0.2, 0.25) is 5.91 Å². The predicted octanol–water partition coefficient (Wildman–Crippen LogP) is 4.24. The first-order chi connectivity index (χ1) is 14.6. The summed E-state index contributed by atoms with van der Waals surface area (Å²) in [6.45, 7) is 2.83. The average molecular weight is 440 g/mol. The lowest BCUT2D eigenvalue weighted by atomic mass is 10.2. The fourth-order valence-corrected chi connectivity index (χ4v) is 4.96. The molecule has 0 fully saturated rings. The van der Waals surface area contributed by atoms with Gasteiger partial charge in [-0.2, -0.15) is 0 Å². The van der Waals surface area contributed by atoms with Gasteiger partial charge >= 0.3 is 0 Å². The number of carbonyl (C=O) groups excluding carboxylic acids is 1. The number of hydrogen-bond donors (Lipinski definition) is 0. The van der Waals surface area contributed by atoms with Crippen LogP contribution in [0.15, 0.2) is 58.3 Å². The van der Waals surface area contributed by atoms with E-state index >= 15 is 0 Å². The Labute approximate surface area is 182 Å². The number of carbonyl (C=O) groups is 1. The van der Waals surface area contributed by atoms with Crippen molar-refractivity contribution < 1.29 is 9.53 Å². The van der Waals surface area contributed by atoms with Gasteiger partial charge in [-0.25, -0.2) is 4.98 Å². The van der Waals surface area contributed by atoms with Gasteiger partial charge in [-0.05, 0) is 24.4 Å². The molecule has 3 aromatic heterocycles. The van der Waals surface area contributed by atoms with Crippen molar-refractivity contribution in [3.05, 3.63) is 69.4 Å². The lowest BCUT2D eigenvalue weighted by Gasteiger charge is -2.19. The lowest BCUT2D eigenvalue weighted by molar-refractivity contribution is -0.131. The summed E-state index contributed by atoms with van der Waals surface area (Å²) in [6.07, 6.45) is 1.46. The van der Waals surface area contributed by atoms with E-state index < -0.39 is 0 Å². The number of aromatic nitrogens is 2. The second-order valence-corrected chi connectivity index (χ2v) is 8.58. The molecule has 1 amide bonds. The van der Waals surface area contributed by atoms with Gasteiger partial charge in [-0.1, -0.05) is 24.3 Å². The number of rotatable bonds is 7. The van der Waals surface area contributed by atoms with E-state index in [1.165, 1.54) is 22.2 Å². The Morgan fingerprint density at radius 3 is 2.80 bits per heavy atom. The van der Waals surface area contributed by atoms with Crippen LogP contribution in [0.25, 0.3) is 20.7 Å². The number of likely N-dealkylation sites (N-methyl/N-ethyl adjacent to an activating group) is 1. The van der Waals surface area contributed by atoms with Crippen molar-refractivity contribution in [3.63, 3.8) is 0 Å². The number of nitrogens with zero attached hydrogens (tertiary/aromatic N) is 3. The zero-order chi connectivity index (χ0) is 21.1. The highest BCUT2D eigenvalue weighted by Crippen LogP contribution is 2.33. The third kappa shape index (κ3) is 4.01. The summed E-state index contributed by atoms with van der Waals surface area (Å²) in [6, 6.07) is 11.6. The first kappa shape index (κ1) is 20.3. The quantitative estimate of drug-likeness (QED) is 0.432. The number of thiophene rings is 2. The van der Waals surface area contributed by atoms with E-state index in [9.17, 15) is 9.59 Å². The highest BCUT2D eigenvalue weighted by molar-refractivity contribution is 7.18. The van der Waals surface area contributed by atoms with Crippen LogP contribution in [0.1, 0.15) is 12.5 Å². The Bertz CT molecular complexity index is 1230. The number of fused-ring (bicyclic) bond motifs is 1. The van der Waals surface area contributed by atoms with Crippen molar-refractivity contribution in [1.82, 2.24) is 14.5 Å². The normalized spacial score (nSPS) is 11.0. The molecule has 4 aromatic rings. The lowest BCUT2D eigenvalue weighted by Crippen LogP contribution is -2.33. The van der Waals surface area contributed by atoms with Crippen LogP contribution in [0.4, 0.5) is 0 Å². The van der Waals surface area contributed by atoms with Gasteiger partial charge in [0, 0.05) is 35.0 Å². The van der Waals surface area contributed by atoms with Crippen LogP contribution >= 0.6 is 22.7 Å². The van der Waals surface area contributed by atoms with Gasteiger partial charge in [-0.15, -0.1) is 22.7 Å². The van der Waals surface area contributed by atoms with Gasteiger partial charge in [-0.3, -0.25) is 14.2 Å². The smallest absolute Gasteiger partial charge is 0.263 e. The Morgan fingerprint density at radius 1 is 1.20 bits per heavy atom. The third-order valence-electron chi connectivity index (χ3n) is 4.76. The maximum Gasteiger partial charge on any atom is 0.263 e. The first-order valence-electron chi connectivity index (χ1n) is 9.53. The molecule has 0 saturated heterocycles. The van der Waals surface area contributed by atoms with E-state index in [1.807, 2.05) is 54.1 Å². The van der Waals surface area contributed by atoms with Crippen molar-refractivity contribution in [2.75, 3.05) is 13.7 Å². The molecule has 0 aliphatic rings. The van der Waals surface area contributed by atoms with Crippen LogP contribution in [-0.4, -0.2) is 34.0 Å². The minimum Gasteiger partial charge on any atom is -0.494 e. The SMILES string of the molecule is CCOc1ccccc1CN(C)C(=O)Cn1cnc2scc(-c3cccs3)c2c1=O. The number of hydrogen-bond acceptors (Lipinski definition) is 6. The Morgan fingerprint density at radius 2 is 2.03 bits per heavy atom. The zero-order valence-electron chi connectivity index (χ0n) is 16.7. The molecule has 0 spiro atoms. The summed E-state index contributed by atoms with van der Waals surface area (Å²) in [5.41, 5.74) is 1.61. The van der Waals surface area contributed by atoms with E-state index in [0.717, 1.165) is 21.8 Å². The molecule has 0 saturated carbocycles. The van der Waals surface area contributed by atoms with Crippen molar-refractivity contribution in [3.8, 4) is 16.2 Å². The molecule has 8 heteroatoms. The van der Waals surface area contributed by atoms with Crippen LogP contribution in [-0.2, 0) is 17.9 Å². The number of amides is 1. The summed E-state index contributed by atoms with van der Waals surface area (Å²) in [5, 5.41) is 4.50. The largest absolute Gasteiger partial charge is 0.494 e. The van der Waals surface area contributed by atoms with Crippen LogP contribution in [0.3, 0.4) is 0 Å². The molecule has 3 heterocycles. The van der Waals surface area contributed by atoms with E-state index in [2.05, 4.69) is 4.98 Å². The maximum absolute atomic E-state index is 13.1. The van der Waals surface area contributed by atoms with E-state index in [1.54, 1.807) is 23.3 Å². The summed E-state index contributed by atoms with van der Waals surface area (Å²) in [7, 11) is 1.73. The van der Waals surface area contributed by atoms with Crippen LogP contribution in [0.2, 0.25) is 0 Å². The summed E-state index contributed by atoms with van der Waals surface area (Å²) in [5.74, 6) is 0.594. The standard InChI is InChI=1S/C22H21N3O3S2/c1-3-28-17-8-5-4-7-15(17)11-24(2)19(26)12-25-14-23-21-20(22(25)27)16(13-30-21)18-9-6-10-29-18/h4-10,13-14H,3,11-12H2,1-2H3. The highest BCUT2D eigenvalue weighted by Gasteiger charge is 2.17. The molecule has 0 radical (unpaired) electrons. The second-order valence-electron chi connectivity index (χ2n) is 6.77. The molecule has 0 atom stereocenters. The molecule has 0 bridgehead atoms. The topological polar surface area (TPSA) is 64.4 Å². The van der Waals surface area contributed by atoms with Gasteiger partial charge in [0.1, 0.15) is 17.1 Å². The monoisotopic (exact) mass is 439 g/mol. The van der Waals surface area contributed by atoms with Crippen molar-refractivity contribution in [2.24, 2.45) is 0 Å². The summed E-state index contributed by atoms with van der Waals surface area (Å²) >= 11 is 3.02. The number of ether oxygens (including phenoxy) is 1. The van der Waals surface area contributed by atoms with Crippen molar-refractivity contribution in [1.29, 1.82) is 0 Å². The van der Waals surface area contributed by atoms with E-state index in [0.29, 0.717) is 23.4 Å². The minimum absolute atomic E-state index is 0.0607. The summed E-state index contributed by atoms with van der Waals surface area (Å²) < 4.78 is 7.03. The van der Waals surface area contributed by atoms with Crippen LogP contribution in [0.5, 0.6) is 5.75 Å². The van der Waals surface area contributed by atoms with Gasteiger partial charge < -0.3 is 9.64 Å². The third-order valence-corrected chi connectivity index (χ3v) is 6.55.